The second kappa shape index (κ2) is 3.67. The first-order chi connectivity index (χ1) is 6.68. The van der Waals surface area contributed by atoms with Gasteiger partial charge in [-0.15, -0.1) is 0 Å². The molecule has 0 aromatic heterocycles. The average Bonchev–Trinajstić information content (AvgIpc) is 2.57. The zero-order valence-corrected chi connectivity index (χ0v) is 8.13. The standard InChI is InChI=1S/C11H13FO2/c1-11(13-6-7-14-11)8-9-2-4-10(12)5-3-9/h2-5H,6-8H2,1H3. The minimum absolute atomic E-state index is 0.216. The second-order valence-electron chi connectivity index (χ2n) is 3.63. The van der Waals surface area contributed by atoms with E-state index >= 15 is 0 Å². The van der Waals surface area contributed by atoms with E-state index in [-0.39, 0.29) is 5.82 Å². The van der Waals surface area contributed by atoms with E-state index in [1.54, 1.807) is 12.1 Å². The van der Waals surface area contributed by atoms with E-state index in [4.69, 9.17) is 9.47 Å². The van der Waals surface area contributed by atoms with Crippen molar-refractivity contribution in [2.24, 2.45) is 0 Å². The maximum atomic E-state index is 12.6. The van der Waals surface area contributed by atoms with Gasteiger partial charge in [0.2, 0.25) is 0 Å². The van der Waals surface area contributed by atoms with Crippen molar-refractivity contribution in [3.63, 3.8) is 0 Å². The first kappa shape index (κ1) is 9.62. The van der Waals surface area contributed by atoms with Gasteiger partial charge in [-0.25, -0.2) is 4.39 Å². The van der Waals surface area contributed by atoms with E-state index < -0.39 is 5.79 Å². The molecule has 76 valence electrons. The van der Waals surface area contributed by atoms with E-state index in [2.05, 4.69) is 0 Å². The molecule has 1 aromatic rings. The Bertz CT molecular complexity index is 302. The highest BCUT2D eigenvalue weighted by atomic mass is 19.1. The zero-order chi connectivity index (χ0) is 10.0. The molecule has 0 unspecified atom stereocenters. The van der Waals surface area contributed by atoms with Crippen LogP contribution in [0, 0.1) is 5.82 Å². The lowest BCUT2D eigenvalue weighted by molar-refractivity contribution is -0.140. The van der Waals surface area contributed by atoms with Gasteiger partial charge in [-0.2, -0.15) is 0 Å². The average molecular weight is 196 g/mol. The van der Waals surface area contributed by atoms with Crippen LogP contribution in [0.3, 0.4) is 0 Å². The van der Waals surface area contributed by atoms with Crippen LogP contribution in [-0.4, -0.2) is 19.0 Å². The van der Waals surface area contributed by atoms with Gasteiger partial charge in [0.05, 0.1) is 13.2 Å². The molecular formula is C11H13FO2. The van der Waals surface area contributed by atoms with E-state index in [0.29, 0.717) is 19.6 Å². The van der Waals surface area contributed by atoms with Crippen molar-refractivity contribution in [2.45, 2.75) is 19.1 Å². The van der Waals surface area contributed by atoms with Crippen molar-refractivity contribution in [3.05, 3.63) is 35.6 Å². The van der Waals surface area contributed by atoms with Crippen molar-refractivity contribution in [3.8, 4) is 0 Å². The van der Waals surface area contributed by atoms with Crippen LogP contribution in [-0.2, 0) is 15.9 Å². The third kappa shape index (κ3) is 2.11. The Hall–Kier alpha value is -0.930. The molecule has 0 atom stereocenters. The molecule has 0 N–H and O–H groups in total. The Morgan fingerprint density at radius 3 is 2.36 bits per heavy atom. The van der Waals surface area contributed by atoms with Crippen LogP contribution < -0.4 is 0 Å². The fourth-order valence-corrected chi connectivity index (χ4v) is 1.63. The van der Waals surface area contributed by atoms with E-state index in [1.165, 1.54) is 12.1 Å². The van der Waals surface area contributed by atoms with Gasteiger partial charge in [0.25, 0.3) is 0 Å². The second-order valence-corrected chi connectivity index (χ2v) is 3.63. The molecule has 2 rings (SSSR count). The van der Waals surface area contributed by atoms with Gasteiger partial charge >= 0.3 is 0 Å². The summed E-state index contributed by atoms with van der Waals surface area (Å²) in [5.41, 5.74) is 1.02. The largest absolute Gasteiger partial charge is 0.347 e. The highest BCUT2D eigenvalue weighted by Crippen LogP contribution is 2.23. The molecule has 1 heterocycles. The molecule has 1 aliphatic rings. The van der Waals surface area contributed by atoms with Gasteiger partial charge in [-0.1, -0.05) is 12.1 Å². The number of halogens is 1. The summed E-state index contributed by atoms with van der Waals surface area (Å²) in [6, 6.07) is 6.42. The normalized spacial score (nSPS) is 19.9. The maximum Gasteiger partial charge on any atom is 0.169 e. The minimum atomic E-state index is -0.530. The lowest BCUT2D eigenvalue weighted by Gasteiger charge is -2.22. The molecule has 1 aromatic carbocycles. The summed E-state index contributed by atoms with van der Waals surface area (Å²) in [4.78, 5) is 0. The lowest BCUT2D eigenvalue weighted by atomic mass is 10.1. The van der Waals surface area contributed by atoms with Crippen molar-refractivity contribution in [1.29, 1.82) is 0 Å². The third-order valence-electron chi connectivity index (χ3n) is 2.34. The zero-order valence-electron chi connectivity index (χ0n) is 8.13. The predicted octanol–water partition coefficient (Wildman–Crippen LogP) is 2.13. The highest BCUT2D eigenvalue weighted by molar-refractivity contribution is 5.17. The number of hydrogen-bond donors (Lipinski definition) is 0. The maximum absolute atomic E-state index is 12.6. The summed E-state index contributed by atoms with van der Waals surface area (Å²) in [6.07, 6.45) is 0.660. The fraction of sp³-hybridized carbons (Fsp3) is 0.455. The van der Waals surface area contributed by atoms with E-state index in [9.17, 15) is 4.39 Å². The van der Waals surface area contributed by atoms with Crippen LogP contribution in [0.5, 0.6) is 0 Å². The van der Waals surface area contributed by atoms with Crippen molar-refractivity contribution < 1.29 is 13.9 Å². The molecule has 1 fully saturated rings. The van der Waals surface area contributed by atoms with E-state index in [0.717, 1.165) is 5.56 Å². The Morgan fingerprint density at radius 1 is 1.21 bits per heavy atom. The summed E-state index contributed by atoms with van der Waals surface area (Å²) >= 11 is 0. The van der Waals surface area contributed by atoms with Crippen LogP contribution in [0.15, 0.2) is 24.3 Å². The molecule has 0 aliphatic carbocycles. The Labute approximate surface area is 82.6 Å². The van der Waals surface area contributed by atoms with Crippen LogP contribution in [0.1, 0.15) is 12.5 Å². The number of hydrogen-bond acceptors (Lipinski definition) is 2. The van der Waals surface area contributed by atoms with Gasteiger partial charge in [0, 0.05) is 6.42 Å². The molecule has 2 nitrogen and oxygen atoms in total. The molecule has 3 heteroatoms. The van der Waals surface area contributed by atoms with E-state index in [1.807, 2.05) is 6.92 Å². The van der Waals surface area contributed by atoms with Gasteiger partial charge in [-0.05, 0) is 24.6 Å². The highest BCUT2D eigenvalue weighted by Gasteiger charge is 2.30. The van der Waals surface area contributed by atoms with Gasteiger partial charge < -0.3 is 9.47 Å². The summed E-state index contributed by atoms with van der Waals surface area (Å²) < 4.78 is 23.6. The van der Waals surface area contributed by atoms with Crippen LogP contribution in [0.4, 0.5) is 4.39 Å². The lowest BCUT2D eigenvalue weighted by Crippen LogP contribution is -2.28. The fourth-order valence-electron chi connectivity index (χ4n) is 1.63. The SMILES string of the molecule is CC1(Cc2ccc(F)cc2)OCCO1. The summed E-state index contributed by atoms with van der Waals surface area (Å²) in [6.45, 7) is 3.18. The first-order valence-corrected chi connectivity index (χ1v) is 4.70. The Kier molecular flexibility index (Phi) is 2.52. The summed E-state index contributed by atoms with van der Waals surface area (Å²) in [7, 11) is 0. The molecule has 0 bridgehead atoms. The van der Waals surface area contributed by atoms with Gasteiger partial charge in [0.1, 0.15) is 5.82 Å². The topological polar surface area (TPSA) is 18.5 Å². The summed E-state index contributed by atoms with van der Waals surface area (Å²) in [5, 5.41) is 0. The Morgan fingerprint density at radius 2 is 1.79 bits per heavy atom. The quantitative estimate of drug-likeness (QED) is 0.721. The van der Waals surface area contributed by atoms with Crippen LogP contribution in [0.25, 0.3) is 0 Å². The van der Waals surface area contributed by atoms with Gasteiger partial charge in [-0.3, -0.25) is 0 Å². The number of ether oxygens (including phenoxy) is 2. The molecule has 0 saturated carbocycles. The number of rotatable bonds is 2. The molecule has 1 aliphatic heterocycles. The molecule has 1 saturated heterocycles. The Balaban J connectivity index is 2.06. The smallest absolute Gasteiger partial charge is 0.169 e. The van der Waals surface area contributed by atoms with Crippen LogP contribution in [0.2, 0.25) is 0 Å². The number of benzene rings is 1. The first-order valence-electron chi connectivity index (χ1n) is 4.70. The molecule has 0 amide bonds. The molecule has 0 radical (unpaired) electrons. The molecule has 14 heavy (non-hydrogen) atoms. The van der Waals surface area contributed by atoms with Crippen molar-refractivity contribution in [1.82, 2.24) is 0 Å². The minimum Gasteiger partial charge on any atom is -0.347 e. The molecular weight excluding hydrogens is 183 g/mol. The predicted molar refractivity (Wildman–Crippen MR) is 50.4 cm³/mol. The monoisotopic (exact) mass is 196 g/mol. The summed E-state index contributed by atoms with van der Waals surface area (Å²) in [5.74, 6) is -0.746. The van der Waals surface area contributed by atoms with Crippen molar-refractivity contribution in [2.75, 3.05) is 13.2 Å². The van der Waals surface area contributed by atoms with Gasteiger partial charge in [0.15, 0.2) is 5.79 Å². The van der Waals surface area contributed by atoms with Crippen LogP contribution >= 0.6 is 0 Å². The molecule has 0 spiro atoms. The van der Waals surface area contributed by atoms with Crippen molar-refractivity contribution >= 4 is 0 Å². The third-order valence-corrected chi connectivity index (χ3v) is 2.34.